The highest BCUT2D eigenvalue weighted by molar-refractivity contribution is 14.1. The molecule has 1 fully saturated rings. The third-order valence-electron chi connectivity index (χ3n) is 6.17. The summed E-state index contributed by atoms with van der Waals surface area (Å²) in [6.45, 7) is -0.506. The third-order valence-corrected chi connectivity index (χ3v) is 7.47. The van der Waals surface area contributed by atoms with Gasteiger partial charge >= 0.3 is 6.03 Å². The Morgan fingerprint density at radius 2 is 1.97 bits per heavy atom. The number of aromatic amines is 1. The molecule has 2 aromatic heterocycles. The molecule has 0 aliphatic carbocycles. The Bertz CT molecular complexity index is 1470. The van der Waals surface area contributed by atoms with Crippen LogP contribution in [0.4, 0.5) is 9.18 Å². The molecule has 1 aliphatic heterocycles. The molecule has 3 amide bonds. The molecule has 1 saturated heterocycles. The van der Waals surface area contributed by atoms with E-state index in [1.165, 1.54) is 23.6 Å². The Morgan fingerprint density at radius 1 is 1.18 bits per heavy atom. The molecule has 3 heterocycles. The molecule has 2 aromatic carbocycles. The summed E-state index contributed by atoms with van der Waals surface area (Å²) in [5.74, 6) is -0.122. The standard InChI is InChI=1S/C26H23FIN5O5S/c27-20-7-15(28)3-6-19(20)21-9-29-24(31-21)22(8-16-12-39-13-30-16)33-25(36)23(32-26(33)37)14-1-4-18(5-2-14)38-11-17(35)10-34/h1-7,9,12-13,17,22-23,34-35H,8,10-11H2,(H,29,31)(H,32,37)/t17?,22-,23?/m0/s1. The molecule has 0 bridgehead atoms. The van der Waals surface area contributed by atoms with E-state index >= 15 is 0 Å². The highest BCUT2D eigenvalue weighted by atomic mass is 127. The van der Waals surface area contributed by atoms with E-state index in [0.29, 0.717) is 34.1 Å². The SMILES string of the molecule is O=C1NC(c2ccc(OCC(O)CO)cc2)C(=O)N1[C@@H](Cc1cscn1)c1ncc(-c2ccc(I)cc2F)[nH]1. The van der Waals surface area contributed by atoms with Crippen LogP contribution in [0, 0.1) is 9.39 Å². The van der Waals surface area contributed by atoms with Crippen molar-refractivity contribution >= 4 is 45.9 Å². The van der Waals surface area contributed by atoms with Crippen molar-refractivity contribution in [2.24, 2.45) is 0 Å². The average Bonchev–Trinajstić information content (AvgIpc) is 3.68. The summed E-state index contributed by atoms with van der Waals surface area (Å²) in [7, 11) is 0. The number of imidazole rings is 1. The first-order chi connectivity index (χ1) is 18.8. The van der Waals surface area contributed by atoms with E-state index in [0.717, 1.165) is 8.47 Å². The Balaban J connectivity index is 1.41. The quantitative estimate of drug-likeness (QED) is 0.150. The van der Waals surface area contributed by atoms with Gasteiger partial charge in [-0.15, -0.1) is 11.3 Å². The van der Waals surface area contributed by atoms with Crippen LogP contribution in [0.3, 0.4) is 0 Å². The van der Waals surface area contributed by atoms with Gasteiger partial charge in [0, 0.05) is 20.9 Å². The molecular weight excluding hydrogens is 640 g/mol. The molecule has 0 radical (unpaired) electrons. The van der Waals surface area contributed by atoms with Crippen LogP contribution in [0.5, 0.6) is 5.75 Å². The number of hydrogen-bond donors (Lipinski definition) is 4. The van der Waals surface area contributed by atoms with Crippen molar-refractivity contribution in [1.82, 2.24) is 25.2 Å². The number of nitrogens with zero attached hydrogens (tertiary/aromatic N) is 3. The Hall–Kier alpha value is -3.40. The number of aliphatic hydroxyl groups is 2. The lowest BCUT2D eigenvalue weighted by molar-refractivity contribution is -0.129. The topological polar surface area (TPSA) is 141 Å². The fraction of sp³-hybridized carbons (Fsp3) is 0.231. The Labute approximate surface area is 240 Å². The molecule has 13 heteroatoms. The van der Waals surface area contributed by atoms with Gasteiger partial charge in [0.05, 0.1) is 29.7 Å². The van der Waals surface area contributed by atoms with E-state index < -0.39 is 42.6 Å². The van der Waals surface area contributed by atoms with Gasteiger partial charge in [-0.1, -0.05) is 12.1 Å². The lowest BCUT2D eigenvalue weighted by atomic mass is 10.1. The summed E-state index contributed by atoms with van der Waals surface area (Å²) in [5.41, 5.74) is 3.63. The van der Waals surface area contributed by atoms with E-state index in [4.69, 9.17) is 9.84 Å². The number of aromatic nitrogens is 3. The first kappa shape index (κ1) is 27.2. The number of imide groups is 1. The van der Waals surface area contributed by atoms with E-state index in [1.54, 1.807) is 41.9 Å². The van der Waals surface area contributed by atoms with Gasteiger partial charge < -0.3 is 25.3 Å². The lowest BCUT2D eigenvalue weighted by Crippen LogP contribution is -2.37. The van der Waals surface area contributed by atoms with Crippen molar-refractivity contribution in [2.45, 2.75) is 24.6 Å². The molecule has 5 rings (SSSR count). The Morgan fingerprint density at radius 3 is 2.67 bits per heavy atom. The fourth-order valence-corrected chi connectivity index (χ4v) is 5.24. The number of H-pyrrole nitrogens is 1. The van der Waals surface area contributed by atoms with Crippen molar-refractivity contribution in [2.75, 3.05) is 13.2 Å². The van der Waals surface area contributed by atoms with E-state index in [1.807, 2.05) is 28.0 Å². The number of carbonyl (C=O) groups excluding carboxylic acids is 2. The second-order valence-electron chi connectivity index (χ2n) is 8.81. The molecule has 1 aliphatic rings. The number of nitrogens with one attached hydrogen (secondary N) is 2. The number of rotatable bonds is 10. The number of benzene rings is 2. The first-order valence-corrected chi connectivity index (χ1v) is 13.9. The molecule has 0 spiro atoms. The monoisotopic (exact) mass is 663 g/mol. The minimum absolute atomic E-state index is 0.0851. The molecule has 202 valence electrons. The third kappa shape index (κ3) is 5.95. The van der Waals surface area contributed by atoms with Gasteiger partial charge in [-0.3, -0.25) is 9.69 Å². The number of hydrogen-bond acceptors (Lipinski definition) is 8. The predicted octanol–water partition coefficient (Wildman–Crippen LogP) is 3.59. The maximum atomic E-state index is 14.6. The molecule has 0 saturated carbocycles. The van der Waals surface area contributed by atoms with Crippen LogP contribution < -0.4 is 10.1 Å². The molecule has 3 atom stereocenters. The zero-order valence-corrected chi connectivity index (χ0v) is 23.2. The van der Waals surface area contributed by atoms with Gasteiger partial charge in [-0.05, 0) is 58.5 Å². The van der Waals surface area contributed by atoms with Gasteiger partial charge in [0.15, 0.2) is 0 Å². The summed E-state index contributed by atoms with van der Waals surface area (Å²) >= 11 is 3.42. The number of urea groups is 1. The summed E-state index contributed by atoms with van der Waals surface area (Å²) < 4.78 is 20.8. The summed E-state index contributed by atoms with van der Waals surface area (Å²) in [6.07, 6.45) is 0.696. The van der Waals surface area contributed by atoms with Crippen LogP contribution in [-0.2, 0) is 11.2 Å². The summed E-state index contributed by atoms with van der Waals surface area (Å²) in [6, 6.07) is 9.02. The number of thiazole rings is 1. The van der Waals surface area contributed by atoms with Crippen LogP contribution in [0.2, 0.25) is 0 Å². The fourth-order valence-electron chi connectivity index (χ4n) is 4.21. The average molecular weight is 663 g/mol. The molecule has 4 aromatic rings. The molecule has 2 unspecified atom stereocenters. The molecule has 4 N–H and O–H groups in total. The number of carbonyl (C=O) groups is 2. The summed E-state index contributed by atoms with van der Waals surface area (Å²) in [5, 5.41) is 23.0. The minimum atomic E-state index is -1.01. The van der Waals surface area contributed by atoms with Gasteiger partial charge in [0.2, 0.25) is 0 Å². The summed E-state index contributed by atoms with van der Waals surface area (Å²) in [4.78, 5) is 39.7. The van der Waals surface area contributed by atoms with Crippen LogP contribution in [0.15, 0.2) is 59.6 Å². The van der Waals surface area contributed by atoms with Crippen molar-refractivity contribution in [1.29, 1.82) is 0 Å². The second kappa shape index (κ2) is 11.8. The van der Waals surface area contributed by atoms with Crippen LogP contribution in [-0.4, -0.2) is 61.3 Å². The Kier molecular flexibility index (Phi) is 8.20. The smallest absolute Gasteiger partial charge is 0.325 e. The lowest BCUT2D eigenvalue weighted by Gasteiger charge is -2.23. The maximum Gasteiger partial charge on any atom is 0.325 e. The first-order valence-electron chi connectivity index (χ1n) is 11.9. The molecule has 39 heavy (non-hydrogen) atoms. The van der Waals surface area contributed by atoms with Gasteiger partial charge in [-0.2, -0.15) is 0 Å². The van der Waals surface area contributed by atoms with Gasteiger partial charge in [-0.25, -0.2) is 19.2 Å². The second-order valence-corrected chi connectivity index (χ2v) is 10.8. The normalized spacial score (nSPS) is 16.8. The van der Waals surface area contributed by atoms with Gasteiger partial charge in [0.1, 0.15) is 42.2 Å². The molecular formula is C26H23FIN5O5S. The van der Waals surface area contributed by atoms with Crippen LogP contribution >= 0.6 is 33.9 Å². The van der Waals surface area contributed by atoms with E-state index in [9.17, 15) is 19.1 Å². The van der Waals surface area contributed by atoms with Gasteiger partial charge in [0.25, 0.3) is 5.91 Å². The molecule has 10 nitrogen and oxygen atoms in total. The zero-order valence-electron chi connectivity index (χ0n) is 20.3. The van der Waals surface area contributed by atoms with Crippen molar-refractivity contribution in [3.8, 4) is 17.0 Å². The highest BCUT2D eigenvalue weighted by Gasteiger charge is 2.44. The van der Waals surface area contributed by atoms with Crippen LogP contribution in [0.1, 0.15) is 29.2 Å². The highest BCUT2D eigenvalue weighted by Crippen LogP contribution is 2.33. The van der Waals surface area contributed by atoms with E-state index in [-0.39, 0.29) is 13.0 Å². The number of amides is 3. The maximum absolute atomic E-state index is 14.6. The number of ether oxygens (including phenoxy) is 1. The number of halogens is 2. The predicted molar refractivity (Wildman–Crippen MR) is 148 cm³/mol. The van der Waals surface area contributed by atoms with Crippen molar-refractivity contribution < 1.29 is 28.9 Å². The van der Waals surface area contributed by atoms with Crippen molar-refractivity contribution in [3.63, 3.8) is 0 Å². The largest absolute Gasteiger partial charge is 0.491 e. The minimum Gasteiger partial charge on any atom is -0.491 e. The van der Waals surface area contributed by atoms with Crippen LogP contribution in [0.25, 0.3) is 11.3 Å². The number of aliphatic hydroxyl groups excluding tert-OH is 2. The van der Waals surface area contributed by atoms with E-state index in [2.05, 4.69) is 20.3 Å². The van der Waals surface area contributed by atoms with Crippen molar-refractivity contribution in [3.05, 3.63) is 86.0 Å². The zero-order chi connectivity index (χ0) is 27.5.